The maximum atomic E-state index is 13.5. The van der Waals surface area contributed by atoms with Gasteiger partial charge in [-0.1, -0.05) is 60.7 Å². The molecule has 7 rings (SSSR count). The molecule has 0 spiro atoms. The Morgan fingerprint density at radius 2 is 1.08 bits per heavy atom. The Morgan fingerprint density at radius 3 is 1.55 bits per heavy atom. The standard InChI is InChI=1S/C30H16N2O6/c33-29-27-28(30(34)31(29)19-11-13-20(14-12-19)32(35)36)38-24-16-10-18-6-2-4-8-22(18)26(24)25-21-7-3-1-5-17(21)9-15-23(25)37-27/h1-16H. The van der Waals surface area contributed by atoms with Crippen molar-refractivity contribution in [1.82, 2.24) is 0 Å². The Balaban J connectivity index is 1.60. The van der Waals surface area contributed by atoms with Crippen molar-refractivity contribution in [2.75, 3.05) is 4.90 Å². The molecule has 6 aromatic rings. The highest BCUT2D eigenvalue weighted by molar-refractivity contribution is 6.33. The highest BCUT2D eigenvalue weighted by Crippen LogP contribution is 2.38. The molecule has 1 aliphatic rings. The van der Waals surface area contributed by atoms with Crippen molar-refractivity contribution in [2.45, 2.75) is 0 Å². The van der Waals surface area contributed by atoms with Crippen LogP contribution in [0.1, 0.15) is 21.1 Å². The Hall–Kier alpha value is -5.50. The average Bonchev–Trinajstić information content (AvgIpc) is 3.15. The van der Waals surface area contributed by atoms with Crippen LogP contribution in [-0.4, -0.2) is 16.7 Å². The number of anilines is 1. The third-order valence-corrected chi connectivity index (χ3v) is 6.78. The van der Waals surface area contributed by atoms with E-state index in [2.05, 4.69) is 0 Å². The number of nitrogens with zero attached hydrogens (tertiary/aromatic N) is 2. The van der Waals surface area contributed by atoms with E-state index in [1.54, 1.807) is 12.1 Å². The Kier molecular flexibility index (Phi) is 4.58. The molecule has 1 aliphatic heterocycles. The zero-order chi connectivity index (χ0) is 26.0. The van der Waals surface area contributed by atoms with Crippen molar-refractivity contribution < 1.29 is 23.3 Å². The first kappa shape index (κ1) is 21.8. The zero-order valence-electron chi connectivity index (χ0n) is 19.6. The first-order chi connectivity index (χ1) is 18.5. The predicted molar refractivity (Wildman–Crippen MR) is 143 cm³/mol. The van der Waals surface area contributed by atoms with Crippen LogP contribution in [-0.2, 0) is 0 Å². The van der Waals surface area contributed by atoms with Crippen LogP contribution < -0.4 is 4.90 Å². The molecule has 0 atom stereocenters. The number of non-ortho nitro benzene ring substituents is 1. The van der Waals surface area contributed by atoms with E-state index in [9.17, 15) is 19.7 Å². The lowest BCUT2D eigenvalue weighted by Crippen LogP contribution is -2.29. The fourth-order valence-electron chi connectivity index (χ4n) is 5.04. The van der Waals surface area contributed by atoms with Gasteiger partial charge >= 0.3 is 11.8 Å². The normalized spacial score (nSPS) is 13.0. The number of hydrogen-bond donors (Lipinski definition) is 0. The van der Waals surface area contributed by atoms with E-state index in [0.717, 1.165) is 37.2 Å². The summed E-state index contributed by atoms with van der Waals surface area (Å²) in [5.74, 6) is -1.93. The summed E-state index contributed by atoms with van der Waals surface area (Å²) >= 11 is 0. The molecular weight excluding hydrogens is 484 g/mol. The van der Waals surface area contributed by atoms with Gasteiger partial charge in [-0.3, -0.25) is 19.7 Å². The van der Waals surface area contributed by atoms with Crippen molar-refractivity contribution in [3.63, 3.8) is 0 Å². The lowest BCUT2D eigenvalue weighted by Gasteiger charge is -2.12. The highest BCUT2D eigenvalue weighted by Gasteiger charge is 2.42. The summed E-state index contributed by atoms with van der Waals surface area (Å²) < 4.78 is 12.4. The van der Waals surface area contributed by atoms with Gasteiger partial charge in [0.25, 0.3) is 5.69 Å². The molecule has 8 heteroatoms. The highest BCUT2D eigenvalue weighted by atomic mass is 16.6. The van der Waals surface area contributed by atoms with E-state index in [-0.39, 0.29) is 22.9 Å². The summed E-state index contributed by atoms with van der Waals surface area (Å²) in [5.41, 5.74) is 0.822. The van der Waals surface area contributed by atoms with Gasteiger partial charge in [0.05, 0.1) is 10.6 Å². The van der Waals surface area contributed by atoms with Crippen molar-refractivity contribution >= 4 is 66.7 Å². The first-order valence-electron chi connectivity index (χ1n) is 11.8. The van der Waals surface area contributed by atoms with Gasteiger partial charge in [0.2, 0.25) is 11.5 Å². The van der Waals surface area contributed by atoms with Gasteiger partial charge in [0, 0.05) is 22.9 Å². The average molecular weight is 500 g/mol. The van der Waals surface area contributed by atoms with Crippen LogP contribution in [0.25, 0.3) is 43.5 Å². The molecule has 0 bridgehead atoms. The van der Waals surface area contributed by atoms with E-state index in [0.29, 0.717) is 11.2 Å². The van der Waals surface area contributed by atoms with Gasteiger partial charge < -0.3 is 8.83 Å². The molecule has 38 heavy (non-hydrogen) atoms. The largest absolute Gasteiger partial charge is 0.447 e. The van der Waals surface area contributed by atoms with Crippen molar-refractivity contribution in [1.29, 1.82) is 0 Å². The lowest BCUT2D eigenvalue weighted by atomic mass is 9.98. The minimum Gasteiger partial charge on any atom is -0.447 e. The Labute approximate surface area is 213 Å². The van der Waals surface area contributed by atoms with E-state index in [1.165, 1.54) is 24.3 Å². The topological polar surface area (TPSA) is 107 Å². The maximum absolute atomic E-state index is 13.5. The molecule has 182 valence electrons. The van der Waals surface area contributed by atoms with Crippen LogP contribution in [0.3, 0.4) is 0 Å². The molecule has 2 amide bonds. The van der Waals surface area contributed by atoms with Crippen molar-refractivity contribution in [2.24, 2.45) is 0 Å². The van der Waals surface area contributed by atoms with Crippen LogP contribution in [0.4, 0.5) is 11.4 Å². The number of carbonyl (C=O) groups excluding carboxylic acids is 2. The van der Waals surface area contributed by atoms with Gasteiger partial charge in [0.1, 0.15) is 11.2 Å². The molecule has 0 saturated heterocycles. The fraction of sp³-hybridized carbons (Fsp3) is 0. The molecule has 0 N–H and O–H groups in total. The molecule has 0 unspecified atom stereocenters. The molecule has 8 nitrogen and oxygen atoms in total. The van der Waals surface area contributed by atoms with Gasteiger partial charge in [-0.2, -0.15) is 0 Å². The van der Waals surface area contributed by atoms with Crippen molar-refractivity contribution in [3.8, 4) is 0 Å². The van der Waals surface area contributed by atoms with Crippen molar-refractivity contribution in [3.05, 3.63) is 119 Å². The van der Waals surface area contributed by atoms with Crippen LogP contribution in [0.15, 0.2) is 106 Å². The quantitative estimate of drug-likeness (QED) is 0.140. The third kappa shape index (κ3) is 3.10. The minimum atomic E-state index is -0.720. The Bertz CT molecular complexity index is 1930. The minimum absolute atomic E-state index is 0.159. The van der Waals surface area contributed by atoms with E-state index in [1.807, 2.05) is 60.7 Å². The SMILES string of the molecule is O=C1c2oc3ccc4ccccc4c3c3c(ccc4ccccc43)oc2C(=O)N1c1ccc([N+](=O)[O-])cc1. The smallest absolute Gasteiger partial charge is 0.305 e. The van der Waals surface area contributed by atoms with Crippen LogP contribution in [0.5, 0.6) is 0 Å². The second kappa shape index (κ2) is 8.01. The Morgan fingerprint density at radius 1 is 0.605 bits per heavy atom. The second-order valence-electron chi connectivity index (χ2n) is 8.90. The second-order valence-corrected chi connectivity index (χ2v) is 8.90. The number of nitro groups is 1. The summed E-state index contributed by atoms with van der Waals surface area (Å²) in [5, 5.41) is 16.3. The van der Waals surface area contributed by atoms with E-state index < -0.39 is 16.7 Å². The van der Waals surface area contributed by atoms with Crippen LogP contribution >= 0.6 is 0 Å². The zero-order valence-corrected chi connectivity index (χ0v) is 19.6. The summed E-state index contributed by atoms with van der Waals surface area (Å²) in [6.07, 6.45) is 0. The molecule has 0 fully saturated rings. The van der Waals surface area contributed by atoms with E-state index >= 15 is 0 Å². The fourth-order valence-corrected chi connectivity index (χ4v) is 5.04. The monoisotopic (exact) mass is 500 g/mol. The molecular formula is C30H16N2O6. The molecule has 0 saturated carbocycles. The van der Waals surface area contributed by atoms with Crippen LogP contribution in [0, 0.1) is 10.1 Å². The number of amides is 2. The number of imide groups is 1. The van der Waals surface area contributed by atoms with Gasteiger partial charge in [0.15, 0.2) is 0 Å². The summed E-state index contributed by atoms with van der Waals surface area (Å²) in [6.45, 7) is 0. The number of benzene rings is 5. The third-order valence-electron chi connectivity index (χ3n) is 6.78. The molecule has 0 radical (unpaired) electrons. The summed E-state index contributed by atoms with van der Waals surface area (Å²) in [4.78, 5) is 38.5. The molecule has 0 aliphatic carbocycles. The van der Waals surface area contributed by atoms with E-state index in [4.69, 9.17) is 8.83 Å². The summed E-state index contributed by atoms with van der Waals surface area (Å²) in [7, 11) is 0. The molecule has 2 heterocycles. The number of carbonyl (C=O) groups is 2. The summed E-state index contributed by atoms with van der Waals surface area (Å²) in [6, 6.07) is 28.2. The molecule has 1 aromatic heterocycles. The maximum Gasteiger partial charge on any atom is 0.305 e. The predicted octanol–water partition coefficient (Wildman–Crippen LogP) is 7.32. The van der Waals surface area contributed by atoms with Gasteiger partial charge in [-0.25, -0.2) is 4.90 Å². The lowest BCUT2D eigenvalue weighted by molar-refractivity contribution is -0.384. The number of hydrogen-bond acceptors (Lipinski definition) is 6. The number of rotatable bonds is 2. The van der Waals surface area contributed by atoms with Gasteiger partial charge in [-0.15, -0.1) is 0 Å². The molecule has 5 aromatic carbocycles. The number of nitro benzene ring substituents is 1. The number of fused-ring (bicyclic) bond motifs is 8. The van der Waals surface area contributed by atoms with Gasteiger partial charge in [-0.05, 0) is 45.8 Å². The van der Waals surface area contributed by atoms with Crippen LogP contribution in [0.2, 0.25) is 0 Å². The first-order valence-corrected chi connectivity index (χ1v) is 11.8.